The monoisotopic (exact) mass is 414 g/mol. The predicted molar refractivity (Wildman–Crippen MR) is 103 cm³/mol. The van der Waals surface area contributed by atoms with E-state index in [9.17, 15) is 18.8 Å². The zero-order valence-electron chi connectivity index (χ0n) is 16.5. The lowest BCUT2D eigenvalue weighted by atomic mass is 9.48. The van der Waals surface area contributed by atoms with Gasteiger partial charge in [-0.05, 0) is 80.5 Å². The molecule has 4 fully saturated rings. The van der Waals surface area contributed by atoms with Crippen molar-refractivity contribution in [2.24, 2.45) is 23.2 Å². The van der Waals surface area contributed by atoms with Crippen LogP contribution in [-0.2, 0) is 20.9 Å². The molecule has 0 saturated heterocycles. The third-order valence-corrected chi connectivity index (χ3v) is 6.97. The van der Waals surface area contributed by atoms with E-state index in [-0.39, 0.29) is 23.7 Å². The van der Waals surface area contributed by atoms with Crippen molar-refractivity contribution in [1.29, 1.82) is 0 Å². The molecule has 8 heteroatoms. The fraction of sp³-hybridized carbons (Fsp3) is 0.545. The van der Waals surface area contributed by atoms with Crippen LogP contribution in [-0.4, -0.2) is 28.1 Å². The van der Waals surface area contributed by atoms with Crippen LogP contribution in [0, 0.1) is 29.0 Å². The largest absolute Gasteiger partial charge is 0.456 e. The summed E-state index contributed by atoms with van der Waals surface area (Å²) in [6.45, 7) is -0.708. The molecular formula is C22H23FN2O5. The van der Waals surface area contributed by atoms with E-state index >= 15 is 0 Å². The van der Waals surface area contributed by atoms with Gasteiger partial charge >= 0.3 is 11.7 Å². The summed E-state index contributed by atoms with van der Waals surface area (Å²) in [5.41, 5.74) is 0.0906. The smallest absolute Gasteiger partial charge is 0.437 e. The molecule has 4 saturated carbocycles. The fourth-order valence-corrected chi connectivity index (χ4v) is 6.03. The summed E-state index contributed by atoms with van der Waals surface area (Å²) >= 11 is 0. The van der Waals surface area contributed by atoms with Gasteiger partial charge in [0.25, 0.3) is 0 Å². The Morgan fingerprint density at radius 2 is 1.70 bits per heavy atom. The highest BCUT2D eigenvalue weighted by Crippen LogP contribution is 2.60. The van der Waals surface area contributed by atoms with E-state index in [1.165, 1.54) is 43.5 Å². The number of hydrogen-bond acceptors (Lipinski definition) is 6. The third-order valence-electron chi connectivity index (χ3n) is 6.97. The van der Waals surface area contributed by atoms with E-state index in [2.05, 4.69) is 5.10 Å². The number of hydrogen-bond donors (Lipinski definition) is 0. The lowest BCUT2D eigenvalue weighted by Crippen LogP contribution is -2.51. The summed E-state index contributed by atoms with van der Waals surface area (Å²) in [5.74, 6) is -0.0639. The zero-order valence-corrected chi connectivity index (χ0v) is 16.5. The summed E-state index contributed by atoms with van der Waals surface area (Å²) in [7, 11) is 0. The van der Waals surface area contributed by atoms with Crippen molar-refractivity contribution in [2.75, 3.05) is 6.61 Å². The van der Waals surface area contributed by atoms with Gasteiger partial charge in [-0.15, -0.1) is 5.10 Å². The summed E-state index contributed by atoms with van der Waals surface area (Å²) in [5, 5.41) is 3.96. The number of esters is 1. The van der Waals surface area contributed by atoms with Gasteiger partial charge in [0.2, 0.25) is 5.89 Å². The van der Waals surface area contributed by atoms with Crippen molar-refractivity contribution in [3.05, 3.63) is 40.6 Å². The average Bonchev–Trinajstić information content (AvgIpc) is 3.06. The minimum absolute atomic E-state index is 0.00875. The molecule has 6 rings (SSSR count). The Morgan fingerprint density at radius 1 is 1.10 bits per heavy atom. The molecule has 1 heterocycles. The second kappa shape index (κ2) is 7.18. The van der Waals surface area contributed by atoms with Gasteiger partial charge in [0.05, 0.1) is 0 Å². The van der Waals surface area contributed by atoms with Crippen LogP contribution in [0.3, 0.4) is 0 Å². The van der Waals surface area contributed by atoms with Crippen molar-refractivity contribution in [3.8, 4) is 11.5 Å². The summed E-state index contributed by atoms with van der Waals surface area (Å²) in [6.07, 6.45) is 6.45. The fourth-order valence-electron chi connectivity index (χ4n) is 6.03. The van der Waals surface area contributed by atoms with E-state index in [1.807, 2.05) is 0 Å². The molecule has 0 amide bonds. The van der Waals surface area contributed by atoms with Crippen molar-refractivity contribution >= 4 is 11.8 Å². The number of halogens is 1. The number of benzene rings is 1. The minimum atomic E-state index is -0.821. The molecular weight excluding hydrogens is 391 g/mol. The molecule has 0 aliphatic heterocycles. The summed E-state index contributed by atoms with van der Waals surface area (Å²) < 4.78 is 24.1. The van der Waals surface area contributed by atoms with Gasteiger partial charge in [0.1, 0.15) is 12.4 Å². The van der Waals surface area contributed by atoms with Gasteiger partial charge in [-0.25, -0.2) is 9.18 Å². The van der Waals surface area contributed by atoms with Gasteiger partial charge < -0.3 is 9.15 Å². The van der Waals surface area contributed by atoms with Gasteiger partial charge in [0.15, 0.2) is 12.4 Å². The molecule has 1 aromatic heterocycles. The Kier molecular flexibility index (Phi) is 4.60. The van der Waals surface area contributed by atoms with Crippen LogP contribution in [0.2, 0.25) is 0 Å². The van der Waals surface area contributed by atoms with E-state index in [4.69, 9.17) is 9.15 Å². The van der Waals surface area contributed by atoms with Gasteiger partial charge in [-0.1, -0.05) is 0 Å². The van der Waals surface area contributed by atoms with Crippen LogP contribution in [0.4, 0.5) is 4.39 Å². The normalized spacial score (nSPS) is 29.2. The van der Waals surface area contributed by atoms with Crippen LogP contribution in [0.15, 0.2) is 33.5 Å². The molecule has 158 valence electrons. The van der Waals surface area contributed by atoms with Crippen molar-refractivity contribution in [1.82, 2.24) is 9.78 Å². The molecule has 4 aliphatic rings. The maximum Gasteiger partial charge on any atom is 0.437 e. The number of carbonyl (C=O) groups is 2. The minimum Gasteiger partial charge on any atom is -0.456 e. The molecule has 0 radical (unpaired) electrons. The van der Waals surface area contributed by atoms with E-state index in [1.54, 1.807) is 0 Å². The van der Waals surface area contributed by atoms with Crippen molar-refractivity contribution in [3.63, 3.8) is 0 Å². The molecule has 0 atom stereocenters. The quantitative estimate of drug-likeness (QED) is 0.675. The first-order valence-electron chi connectivity index (χ1n) is 10.4. The highest BCUT2D eigenvalue weighted by molar-refractivity contribution is 5.88. The molecule has 4 aliphatic carbocycles. The maximum absolute atomic E-state index is 13.0. The average molecular weight is 414 g/mol. The van der Waals surface area contributed by atoms with Crippen LogP contribution >= 0.6 is 0 Å². The third kappa shape index (κ3) is 3.48. The molecule has 1 aromatic carbocycles. The number of carbonyl (C=O) groups excluding carboxylic acids is 2. The van der Waals surface area contributed by atoms with Crippen LogP contribution < -0.4 is 5.76 Å². The zero-order chi connectivity index (χ0) is 20.9. The van der Waals surface area contributed by atoms with Crippen molar-refractivity contribution < 1.29 is 23.1 Å². The first-order valence-corrected chi connectivity index (χ1v) is 10.4. The molecule has 4 bridgehead atoms. The number of aromatic nitrogens is 2. The van der Waals surface area contributed by atoms with Crippen LogP contribution in [0.5, 0.6) is 0 Å². The number of nitrogens with zero attached hydrogens (tertiary/aromatic N) is 2. The first-order chi connectivity index (χ1) is 14.4. The Bertz CT molecular complexity index is 1000. The second-order valence-electron chi connectivity index (χ2n) is 9.12. The molecule has 30 heavy (non-hydrogen) atoms. The topological polar surface area (TPSA) is 91.4 Å². The lowest BCUT2D eigenvalue weighted by molar-refractivity contribution is -0.158. The number of ether oxygens (including phenoxy) is 1. The van der Waals surface area contributed by atoms with E-state index in [0.717, 1.165) is 23.9 Å². The summed E-state index contributed by atoms with van der Waals surface area (Å²) in [6, 6.07) is 5.29. The SMILES string of the molecule is O=C(Cn1nc(-c2ccc(F)cc2)oc1=O)OCC(=O)C12CC3CC(CC(C3)C1)C2. The predicted octanol–water partition coefficient (Wildman–Crippen LogP) is 2.97. The van der Waals surface area contributed by atoms with E-state index in [0.29, 0.717) is 23.3 Å². The van der Waals surface area contributed by atoms with Gasteiger partial charge in [-0.2, -0.15) is 4.68 Å². The lowest BCUT2D eigenvalue weighted by Gasteiger charge is -2.55. The second-order valence-corrected chi connectivity index (χ2v) is 9.12. The van der Waals surface area contributed by atoms with Crippen LogP contribution in [0.1, 0.15) is 38.5 Å². The van der Waals surface area contributed by atoms with Crippen LogP contribution in [0.25, 0.3) is 11.5 Å². The number of rotatable bonds is 6. The Balaban J connectivity index is 1.20. The Morgan fingerprint density at radius 3 is 2.30 bits per heavy atom. The maximum atomic E-state index is 13.0. The Labute approximate surface area is 172 Å². The molecule has 0 N–H and O–H groups in total. The highest BCUT2D eigenvalue weighted by atomic mass is 19.1. The van der Waals surface area contributed by atoms with Crippen molar-refractivity contribution in [2.45, 2.75) is 45.1 Å². The Hall–Kier alpha value is -2.77. The molecule has 7 nitrogen and oxygen atoms in total. The van der Waals surface area contributed by atoms with Gasteiger partial charge in [0, 0.05) is 11.0 Å². The number of Topliss-reactive ketones (excluding diaryl/α,β-unsaturated/α-hetero) is 1. The highest BCUT2D eigenvalue weighted by Gasteiger charge is 2.54. The first kappa shape index (κ1) is 19.2. The molecule has 0 spiro atoms. The number of ketones is 1. The standard InChI is InChI=1S/C22H23FN2O5/c23-17-3-1-16(2-4-17)20-24-25(21(28)30-20)11-19(27)29-12-18(26)22-8-13-5-14(9-22)7-15(6-13)10-22/h1-4,13-15H,5-12H2. The van der Waals surface area contributed by atoms with Gasteiger partial charge in [-0.3, -0.25) is 9.59 Å². The molecule has 0 unspecified atom stereocenters. The van der Waals surface area contributed by atoms with E-state index < -0.39 is 24.1 Å². The summed E-state index contributed by atoms with van der Waals surface area (Å²) in [4.78, 5) is 37.1. The molecule has 2 aromatic rings.